The lowest BCUT2D eigenvalue weighted by Crippen LogP contribution is -2.30. The number of halogens is 2. The minimum absolute atomic E-state index is 0.600. The van der Waals surface area contributed by atoms with E-state index in [0.29, 0.717) is 5.11 Å². The summed E-state index contributed by atoms with van der Waals surface area (Å²) >= 11 is 19.3. The summed E-state index contributed by atoms with van der Waals surface area (Å²) in [6, 6.07) is 13.7. The molecule has 6 heteroatoms. The molecule has 0 radical (unpaired) electrons. The molecule has 2 aromatic carbocycles. The first-order chi connectivity index (χ1) is 11.1. The lowest BCUT2D eigenvalue weighted by atomic mass is 10.2. The normalized spacial score (nSPS) is 10.4. The van der Waals surface area contributed by atoms with Gasteiger partial charge in [0, 0.05) is 33.8 Å². The zero-order valence-electron chi connectivity index (χ0n) is 12.7. The molecule has 0 aromatic heterocycles. The van der Waals surface area contributed by atoms with Crippen LogP contribution in [0.2, 0.25) is 10.0 Å². The third kappa shape index (κ3) is 6.22. The van der Waals surface area contributed by atoms with E-state index >= 15 is 0 Å². The van der Waals surface area contributed by atoms with Crippen molar-refractivity contribution >= 4 is 58.0 Å². The van der Waals surface area contributed by atoms with E-state index in [0.717, 1.165) is 44.9 Å². The van der Waals surface area contributed by atoms with E-state index in [1.807, 2.05) is 55.1 Å². The van der Waals surface area contributed by atoms with Gasteiger partial charge in [-0.25, -0.2) is 0 Å². The van der Waals surface area contributed by atoms with Gasteiger partial charge in [0.15, 0.2) is 5.11 Å². The van der Waals surface area contributed by atoms with Crippen LogP contribution in [0, 0.1) is 6.92 Å². The molecule has 0 spiro atoms. The molecule has 2 aromatic rings. The minimum Gasteiger partial charge on any atom is -0.362 e. The molecule has 0 amide bonds. The topological polar surface area (TPSA) is 24.1 Å². The van der Waals surface area contributed by atoms with Crippen molar-refractivity contribution in [2.24, 2.45) is 0 Å². The van der Waals surface area contributed by atoms with Gasteiger partial charge in [-0.1, -0.05) is 47.5 Å². The maximum Gasteiger partial charge on any atom is 0.170 e. The smallest absolute Gasteiger partial charge is 0.170 e. The number of anilines is 1. The fourth-order valence-electron chi connectivity index (χ4n) is 1.88. The molecule has 0 saturated carbocycles. The van der Waals surface area contributed by atoms with E-state index in [4.69, 9.17) is 35.4 Å². The number of hydrogen-bond acceptors (Lipinski definition) is 2. The average molecular weight is 385 g/mol. The number of thiocarbonyl (C=S) groups is 1. The summed E-state index contributed by atoms with van der Waals surface area (Å²) in [5.41, 5.74) is 3.10. The van der Waals surface area contributed by atoms with Crippen LogP contribution in [-0.4, -0.2) is 17.4 Å². The van der Waals surface area contributed by atoms with Crippen molar-refractivity contribution in [3.63, 3.8) is 0 Å². The molecule has 0 saturated heterocycles. The number of thioether (sulfide) groups is 1. The van der Waals surface area contributed by atoms with Crippen LogP contribution < -0.4 is 10.6 Å². The fourth-order valence-corrected chi connectivity index (χ4v) is 3.42. The Morgan fingerprint density at radius 2 is 1.91 bits per heavy atom. The first-order valence-electron chi connectivity index (χ1n) is 7.18. The second-order valence-corrected chi connectivity index (χ2v) is 7.32. The van der Waals surface area contributed by atoms with E-state index in [2.05, 4.69) is 16.7 Å². The maximum absolute atomic E-state index is 6.13. The number of hydrogen-bond donors (Lipinski definition) is 2. The van der Waals surface area contributed by atoms with Crippen molar-refractivity contribution in [2.45, 2.75) is 12.7 Å². The second kappa shape index (κ2) is 9.38. The van der Waals surface area contributed by atoms with Crippen molar-refractivity contribution in [2.75, 3.05) is 17.6 Å². The quantitative estimate of drug-likeness (QED) is 0.505. The molecule has 0 heterocycles. The van der Waals surface area contributed by atoms with Gasteiger partial charge in [0.1, 0.15) is 0 Å². The molecule has 0 fully saturated rings. The van der Waals surface area contributed by atoms with Crippen LogP contribution in [0.4, 0.5) is 5.69 Å². The standard InChI is InChI=1S/C17H18Cl2N2S2/c1-12-6-7-14(10-16(12)19)21-17(22)20-8-9-23-11-13-4-2-3-5-15(13)18/h2-7,10H,8-9,11H2,1H3,(H2,20,21,22). The highest BCUT2D eigenvalue weighted by Gasteiger charge is 2.01. The molecule has 0 unspecified atom stereocenters. The summed E-state index contributed by atoms with van der Waals surface area (Å²) in [6.07, 6.45) is 0. The van der Waals surface area contributed by atoms with Crippen molar-refractivity contribution in [1.29, 1.82) is 0 Å². The molecule has 0 bridgehead atoms. The number of rotatable bonds is 6. The van der Waals surface area contributed by atoms with Crippen LogP contribution >= 0.6 is 47.2 Å². The zero-order valence-corrected chi connectivity index (χ0v) is 15.9. The lowest BCUT2D eigenvalue weighted by molar-refractivity contribution is 0.990. The van der Waals surface area contributed by atoms with E-state index < -0.39 is 0 Å². The van der Waals surface area contributed by atoms with Crippen molar-refractivity contribution in [1.82, 2.24) is 5.32 Å². The van der Waals surface area contributed by atoms with Crippen LogP contribution in [0.15, 0.2) is 42.5 Å². The number of aryl methyl sites for hydroxylation is 1. The third-order valence-corrected chi connectivity index (χ3v) is 5.21. The van der Waals surface area contributed by atoms with Gasteiger partial charge in [-0.05, 0) is 48.5 Å². The number of nitrogens with one attached hydrogen (secondary N) is 2. The Kier molecular flexibility index (Phi) is 7.50. The Balaban J connectivity index is 1.67. The van der Waals surface area contributed by atoms with E-state index in [-0.39, 0.29) is 0 Å². The predicted octanol–water partition coefficient (Wildman–Crippen LogP) is 5.52. The molecule has 0 aliphatic carbocycles. The Bertz CT molecular complexity index is 677. The molecule has 23 heavy (non-hydrogen) atoms. The molecular formula is C17H18Cl2N2S2. The molecule has 2 rings (SSSR count). The Morgan fingerprint density at radius 1 is 1.13 bits per heavy atom. The van der Waals surface area contributed by atoms with E-state index in [9.17, 15) is 0 Å². The molecule has 122 valence electrons. The summed E-state index contributed by atoms with van der Waals surface area (Å²) in [5.74, 6) is 1.84. The van der Waals surface area contributed by atoms with Gasteiger partial charge in [0.2, 0.25) is 0 Å². The highest BCUT2D eigenvalue weighted by atomic mass is 35.5. The van der Waals surface area contributed by atoms with Crippen molar-refractivity contribution in [3.05, 3.63) is 63.6 Å². The van der Waals surface area contributed by atoms with Crippen LogP contribution in [0.1, 0.15) is 11.1 Å². The SMILES string of the molecule is Cc1ccc(NC(=S)NCCSCc2ccccc2Cl)cc1Cl. The van der Waals surface area contributed by atoms with Gasteiger partial charge in [0.05, 0.1) is 0 Å². The molecule has 0 aliphatic rings. The fraction of sp³-hybridized carbons (Fsp3) is 0.235. The highest BCUT2D eigenvalue weighted by Crippen LogP contribution is 2.21. The van der Waals surface area contributed by atoms with Gasteiger partial charge in [-0.15, -0.1) is 0 Å². The zero-order chi connectivity index (χ0) is 16.7. The minimum atomic E-state index is 0.600. The van der Waals surface area contributed by atoms with Crippen LogP contribution in [0.25, 0.3) is 0 Å². The van der Waals surface area contributed by atoms with Crippen LogP contribution in [0.5, 0.6) is 0 Å². The average Bonchev–Trinajstić information content (AvgIpc) is 2.52. The van der Waals surface area contributed by atoms with Gasteiger partial charge in [-0.3, -0.25) is 0 Å². The third-order valence-electron chi connectivity index (χ3n) is 3.18. The second-order valence-electron chi connectivity index (χ2n) is 4.99. The van der Waals surface area contributed by atoms with Crippen molar-refractivity contribution in [3.8, 4) is 0 Å². The van der Waals surface area contributed by atoms with E-state index in [1.165, 1.54) is 0 Å². The highest BCUT2D eigenvalue weighted by molar-refractivity contribution is 7.98. The summed E-state index contributed by atoms with van der Waals surface area (Å²) in [7, 11) is 0. The molecule has 0 aliphatic heterocycles. The van der Waals surface area contributed by atoms with E-state index in [1.54, 1.807) is 0 Å². The van der Waals surface area contributed by atoms with Crippen LogP contribution in [0.3, 0.4) is 0 Å². The molecular weight excluding hydrogens is 367 g/mol. The van der Waals surface area contributed by atoms with Crippen LogP contribution in [-0.2, 0) is 5.75 Å². The first-order valence-corrected chi connectivity index (χ1v) is 9.50. The molecule has 2 nitrogen and oxygen atoms in total. The Morgan fingerprint density at radius 3 is 2.65 bits per heavy atom. The molecule has 2 N–H and O–H groups in total. The molecule has 0 atom stereocenters. The monoisotopic (exact) mass is 384 g/mol. The maximum atomic E-state index is 6.13. The Labute approximate surface area is 157 Å². The number of benzene rings is 2. The predicted molar refractivity (Wildman–Crippen MR) is 108 cm³/mol. The summed E-state index contributed by atoms with van der Waals surface area (Å²) in [4.78, 5) is 0. The lowest BCUT2D eigenvalue weighted by Gasteiger charge is -2.11. The van der Waals surface area contributed by atoms with Gasteiger partial charge < -0.3 is 10.6 Å². The summed E-state index contributed by atoms with van der Waals surface area (Å²) in [5, 5.41) is 8.47. The first kappa shape index (κ1) is 18.4. The van der Waals surface area contributed by atoms with Gasteiger partial charge >= 0.3 is 0 Å². The summed E-state index contributed by atoms with van der Waals surface area (Å²) < 4.78 is 0. The van der Waals surface area contributed by atoms with Gasteiger partial charge in [0.25, 0.3) is 0 Å². The van der Waals surface area contributed by atoms with Crippen molar-refractivity contribution < 1.29 is 0 Å². The van der Waals surface area contributed by atoms with Gasteiger partial charge in [-0.2, -0.15) is 11.8 Å². The summed E-state index contributed by atoms with van der Waals surface area (Å²) in [6.45, 7) is 2.76. The Hall–Kier alpha value is -0.940. The largest absolute Gasteiger partial charge is 0.362 e.